The lowest BCUT2D eigenvalue weighted by Gasteiger charge is -2.30. The highest BCUT2D eigenvalue weighted by Crippen LogP contribution is 2.42. The Hall–Kier alpha value is -8.18. The van der Waals surface area contributed by atoms with E-state index in [-0.39, 0.29) is 52.1 Å². The van der Waals surface area contributed by atoms with Crippen LogP contribution < -0.4 is 23.7 Å². The van der Waals surface area contributed by atoms with Crippen LogP contribution in [0.3, 0.4) is 0 Å². The van der Waals surface area contributed by atoms with E-state index in [9.17, 15) is 35.7 Å². The van der Waals surface area contributed by atoms with Crippen LogP contribution in [0.2, 0.25) is 0 Å². The summed E-state index contributed by atoms with van der Waals surface area (Å²) in [5.41, 5.74) is 14.0. The lowest BCUT2D eigenvalue weighted by Crippen LogP contribution is -2.21. The summed E-state index contributed by atoms with van der Waals surface area (Å²) in [5, 5.41) is 70.1. The summed E-state index contributed by atoms with van der Waals surface area (Å²) >= 11 is 0. The number of phenolic OH excluding ortho intramolecular Hbond substituents is 1. The van der Waals surface area contributed by atoms with Crippen molar-refractivity contribution in [3.8, 4) is 40.2 Å². The molecular formula is C87H120O19. The van der Waals surface area contributed by atoms with Crippen molar-refractivity contribution in [2.75, 3.05) is 82.5 Å². The Bertz CT molecular complexity index is 3720. The maximum absolute atomic E-state index is 10.8. The third-order valence-corrected chi connectivity index (χ3v) is 19.1. The molecule has 582 valence electrons. The van der Waals surface area contributed by atoms with Gasteiger partial charge in [0.25, 0.3) is 0 Å². The molecule has 106 heavy (non-hydrogen) atoms. The number of ether oxygens (including phenoxy) is 12. The van der Waals surface area contributed by atoms with Crippen molar-refractivity contribution in [3.05, 3.63) is 228 Å². The van der Waals surface area contributed by atoms with Gasteiger partial charge in [-0.1, -0.05) is 127 Å². The molecule has 7 rings (SSSR count). The zero-order chi connectivity index (χ0) is 77.9. The van der Waals surface area contributed by atoms with Crippen LogP contribution in [0.25, 0.3) is 0 Å². The van der Waals surface area contributed by atoms with Gasteiger partial charge in [-0.15, -0.1) is 0 Å². The second-order valence-corrected chi connectivity index (χ2v) is 27.2. The standard InChI is InChI=1S/C35H48O7.C31H42O5.C21H30O7/c1-9-24(2)25-10-12-32(13-11-25)41-14-15-42-34-28(22-39-7)18-31(19-29(34)23-40-8)35(3,4)30-16-26(20-37-5)33(36)27(17-30)21-38-6;1-8-24(5)25-9-11-29(12-10-25)35-15-16-36-31-27(18-23(4)19-28(31)21-34-7)20-26(17-22(2)3)30(32)13-14-33-6;1-3-13(2)14-4-6-15(7-5-14)27-12-28-21-18(10-24)16(8-22)20(26)17(9-23)19(21)11-25/h10-13,16-19,24,36H,9,14-15,20-23H2,1-8H3;9-13,17-19,24,32H,2,8,14-16,20-21H2,1,3-7H3;4,6,13,22-26H,3,5,7-12H2,1-2H3/b;26-17-,30-13-;. The predicted octanol–water partition coefficient (Wildman–Crippen LogP) is 16.9. The number of hydrogen-bond donors (Lipinski definition) is 7. The maximum atomic E-state index is 10.8. The molecule has 0 radical (unpaired) electrons. The van der Waals surface area contributed by atoms with Gasteiger partial charge in [-0.05, 0) is 151 Å². The smallest absolute Gasteiger partial charge is 0.230 e. The summed E-state index contributed by atoms with van der Waals surface area (Å²) in [6.07, 6.45) is 13.0. The van der Waals surface area contributed by atoms with Crippen molar-refractivity contribution >= 4 is 0 Å². The topological polar surface area (TPSA) is 252 Å². The Labute approximate surface area is 630 Å². The van der Waals surface area contributed by atoms with Crippen molar-refractivity contribution in [1.29, 1.82) is 0 Å². The molecule has 0 fully saturated rings. The summed E-state index contributed by atoms with van der Waals surface area (Å²) < 4.78 is 68.3. The first-order valence-corrected chi connectivity index (χ1v) is 36.5. The number of benzene rings is 6. The average molecular weight is 1470 g/mol. The van der Waals surface area contributed by atoms with Crippen molar-refractivity contribution in [2.24, 2.45) is 5.92 Å². The maximum Gasteiger partial charge on any atom is 0.230 e. The van der Waals surface area contributed by atoms with Crippen molar-refractivity contribution in [1.82, 2.24) is 0 Å². The van der Waals surface area contributed by atoms with E-state index in [1.165, 1.54) is 16.7 Å². The molecule has 0 saturated heterocycles. The van der Waals surface area contributed by atoms with Crippen molar-refractivity contribution in [2.45, 2.75) is 184 Å². The van der Waals surface area contributed by atoms with Crippen LogP contribution in [-0.2, 0) is 104 Å². The molecule has 0 bridgehead atoms. The van der Waals surface area contributed by atoms with Crippen LogP contribution in [0.4, 0.5) is 0 Å². The SMILES string of the molecule is C=C(C)/C=C(Cc1cc(C)cc(COC)c1OCCOc1ccc(C(C)CC)cc1)\C(O)=C\COC.CCC(C)C1=CC=C(OCOc2c(CO)c(CO)c(O)c(CO)c2CO)CC1.CCC(C)c1ccc(OCCOc2c(COC)cc(C(C)(C)c3cc(COC)c(O)c(COC)c3)cc2COC)cc1. The van der Waals surface area contributed by atoms with E-state index in [1.807, 2.05) is 62.4 Å². The Morgan fingerprint density at radius 1 is 0.491 bits per heavy atom. The zero-order valence-corrected chi connectivity index (χ0v) is 65.7. The first-order valence-electron chi connectivity index (χ1n) is 36.5. The minimum atomic E-state index is -0.550. The van der Waals surface area contributed by atoms with Gasteiger partial charge >= 0.3 is 0 Å². The fourth-order valence-corrected chi connectivity index (χ4v) is 12.4. The van der Waals surface area contributed by atoms with Gasteiger partial charge in [-0.2, -0.15) is 0 Å². The molecule has 19 heteroatoms. The molecule has 6 aromatic carbocycles. The van der Waals surface area contributed by atoms with E-state index in [0.29, 0.717) is 90.2 Å². The molecule has 1 aliphatic carbocycles. The number of hydrogen-bond acceptors (Lipinski definition) is 19. The third kappa shape index (κ3) is 25.8. The lowest BCUT2D eigenvalue weighted by atomic mass is 9.76. The number of rotatable bonds is 42. The molecule has 0 amide bonds. The highest BCUT2D eigenvalue weighted by Gasteiger charge is 2.30. The molecule has 0 saturated carbocycles. The van der Waals surface area contributed by atoms with E-state index in [2.05, 4.69) is 117 Å². The first-order chi connectivity index (χ1) is 51.0. The number of methoxy groups -OCH3 is 6. The zero-order valence-electron chi connectivity index (χ0n) is 65.7. The second-order valence-electron chi connectivity index (χ2n) is 27.2. The summed E-state index contributed by atoms with van der Waals surface area (Å²) in [6, 6.07) is 29.0. The van der Waals surface area contributed by atoms with Gasteiger partial charge in [-0.3, -0.25) is 0 Å². The van der Waals surface area contributed by atoms with Gasteiger partial charge in [0, 0.05) is 111 Å². The van der Waals surface area contributed by atoms with E-state index >= 15 is 0 Å². The molecule has 19 nitrogen and oxygen atoms in total. The van der Waals surface area contributed by atoms with Gasteiger partial charge in [-0.25, -0.2) is 0 Å². The van der Waals surface area contributed by atoms with E-state index in [4.69, 9.17) is 56.8 Å². The molecule has 0 spiro atoms. The number of aryl methyl sites for hydroxylation is 1. The largest absolute Gasteiger partial charge is 0.508 e. The fourth-order valence-electron chi connectivity index (χ4n) is 12.4. The Morgan fingerprint density at radius 3 is 1.31 bits per heavy atom. The molecular weight excluding hydrogens is 1350 g/mol. The minimum absolute atomic E-state index is 0.0526. The van der Waals surface area contributed by atoms with Gasteiger partial charge in [0.05, 0.1) is 66.1 Å². The highest BCUT2D eigenvalue weighted by molar-refractivity contribution is 5.59. The number of aliphatic hydroxyl groups excluding tert-OH is 5. The van der Waals surface area contributed by atoms with Gasteiger partial charge in [0.15, 0.2) is 0 Å². The number of allylic oxidation sites excluding steroid dienone is 7. The minimum Gasteiger partial charge on any atom is -0.508 e. The second kappa shape index (κ2) is 46.1. The van der Waals surface area contributed by atoms with Crippen LogP contribution in [0, 0.1) is 12.8 Å². The number of aliphatic hydroxyl groups is 5. The number of aromatic hydroxyl groups is 2. The average Bonchev–Trinajstić information content (AvgIpc) is 0.776. The van der Waals surface area contributed by atoms with Gasteiger partial charge in [0.1, 0.15) is 78.2 Å². The van der Waals surface area contributed by atoms with Crippen LogP contribution in [0.15, 0.2) is 144 Å². The number of phenols is 2. The molecule has 0 aliphatic heterocycles. The quantitative estimate of drug-likeness (QED) is 0.00814. The van der Waals surface area contributed by atoms with Crippen LogP contribution in [0.1, 0.15) is 190 Å². The Morgan fingerprint density at radius 2 is 0.906 bits per heavy atom. The molecule has 7 N–H and O–H groups in total. The van der Waals surface area contributed by atoms with Gasteiger partial charge in [0.2, 0.25) is 6.79 Å². The Balaban J connectivity index is 0.000000291. The Kier molecular flexibility index (Phi) is 38.5. The summed E-state index contributed by atoms with van der Waals surface area (Å²) in [4.78, 5) is 0. The monoisotopic (exact) mass is 1470 g/mol. The third-order valence-electron chi connectivity index (χ3n) is 19.1. The van der Waals surface area contributed by atoms with Crippen molar-refractivity contribution in [3.63, 3.8) is 0 Å². The fraction of sp³-hybridized carbons (Fsp3) is 0.471. The summed E-state index contributed by atoms with van der Waals surface area (Å²) in [7, 11) is 9.86. The van der Waals surface area contributed by atoms with Crippen LogP contribution >= 0.6 is 0 Å². The lowest BCUT2D eigenvalue weighted by molar-refractivity contribution is 0.0521. The van der Waals surface area contributed by atoms with E-state index in [0.717, 1.165) is 122 Å². The first kappa shape index (κ1) is 88.4. The summed E-state index contributed by atoms with van der Waals surface area (Å²) in [6.45, 7) is 26.8. The van der Waals surface area contributed by atoms with Crippen molar-refractivity contribution < 1.29 is 92.6 Å². The molecule has 6 aromatic rings. The molecule has 1 aliphatic rings. The van der Waals surface area contributed by atoms with Crippen LogP contribution in [-0.4, -0.2) is 118 Å². The molecule has 0 heterocycles. The summed E-state index contributed by atoms with van der Waals surface area (Å²) in [5.74, 6) is 5.65. The molecule has 0 aromatic heterocycles. The van der Waals surface area contributed by atoms with Crippen LogP contribution in [0.5, 0.6) is 40.2 Å². The predicted molar refractivity (Wildman–Crippen MR) is 416 cm³/mol. The molecule has 3 unspecified atom stereocenters. The van der Waals surface area contributed by atoms with E-state index < -0.39 is 31.8 Å². The highest BCUT2D eigenvalue weighted by atomic mass is 16.7. The molecule has 3 atom stereocenters. The normalized spacial score (nSPS) is 13.3. The van der Waals surface area contributed by atoms with Gasteiger partial charge < -0.3 is 92.6 Å². The van der Waals surface area contributed by atoms with E-state index in [1.54, 1.807) is 48.7 Å².